The van der Waals surface area contributed by atoms with Crippen molar-refractivity contribution in [2.45, 2.75) is 33.5 Å². The third-order valence-electron chi connectivity index (χ3n) is 3.37. The van der Waals surface area contributed by atoms with Crippen molar-refractivity contribution >= 4 is 21.6 Å². The van der Waals surface area contributed by atoms with Gasteiger partial charge in [0.2, 0.25) is 0 Å². The average Bonchev–Trinajstić information content (AvgIpc) is 2.69. The van der Waals surface area contributed by atoms with Crippen molar-refractivity contribution in [2.75, 3.05) is 12.8 Å². The molecular formula is C15H21BrN4. The fourth-order valence-corrected chi connectivity index (χ4v) is 2.71. The fraction of sp³-hybridized carbons (Fsp3) is 0.400. The van der Waals surface area contributed by atoms with Crippen molar-refractivity contribution in [3.8, 4) is 0 Å². The van der Waals surface area contributed by atoms with E-state index in [2.05, 4.69) is 46.0 Å². The van der Waals surface area contributed by atoms with Gasteiger partial charge >= 0.3 is 0 Å². The maximum Gasteiger partial charge on any atom is 0.0739 e. The number of halogens is 1. The molecule has 0 aliphatic rings. The Morgan fingerprint density at radius 2 is 2.00 bits per heavy atom. The highest BCUT2D eigenvalue weighted by atomic mass is 79.9. The molecule has 2 aromatic rings. The summed E-state index contributed by atoms with van der Waals surface area (Å²) in [5.41, 5.74) is 10.2. The molecule has 5 heteroatoms. The molecular weight excluding hydrogens is 316 g/mol. The van der Waals surface area contributed by atoms with Gasteiger partial charge in [0.15, 0.2) is 0 Å². The zero-order valence-corrected chi connectivity index (χ0v) is 13.8. The maximum atomic E-state index is 6.00. The SMILES string of the molecule is CCn1nc(C)c(Br)c1CN(C)Cc1ccccc1N. The van der Waals surface area contributed by atoms with Crippen molar-refractivity contribution in [3.63, 3.8) is 0 Å². The van der Waals surface area contributed by atoms with Gasteiger partial charge in [-0.05, 0) is 48.5 Å². The van der Waals surface area contributed by atoms with Crippen LogP contribution in [0.5, 0.6) is 0 Å². The topological polar surface area (TPSA) is 47.1 Å². The van der Waals surface area contributed by atoms with E-state index >= 15 is 0 Å². The first-order valence-electron chi connectivity index (χ1n) is 6.76. The number of hydrogen-bond donors (Lipinski definition) is 1. The molecule has 1 aromatic heterocycles. The van der Waals surface area contributed by atoms with Gasteiger partial charge in [-0.3, -0.25) is 9.58 Å². The molecule has 0 spiro atoms. The van der Waals surface area contributed by atoms with Crippen LogP contribution in [0, 0.1) is 6.92 Å². The smallest absolute Gasteiger partial charge is 0.0739 e. The minimum atomic E-state index is 0.826. The number of para-hydroxylation sites is 1. The highest BCUT2D eigenvalue weighted by Gasteiger charge is 2.14. The molecule has 0 fully saturated rings. The lowest BCUT2D eigenvalue weighted by Gasteiger charge is -2.18. The Morgan fingerprint density at radius 3 is 2.65 bits per heavy atom. The van der Waals surface area contributed by atoms with Gasteiger partial charge in [0, 0.05) is 25.3 Å². The van der Waals surface area contributed by atoms with Crippen LogP contribution in [0.1, 0.15) is 23.9 Å². The van der Waals surface area contributed by atoms with E-state index in [1.165, 1.54) is 5.69 Å². The average molecular weight is 337 g/mol. The number of rotatable bonds is 5. The molecule has 2 rings (SSSR count). The van der Waals surface area contributed by atoms with Crippen molar-refractivity contribution < 1.29 is 0 Å². The molecule has 0 aliphatic heterocycles. The summed E-state index contributed by atoms with van der Waals surface area (Å²) < 4.78 is 3.15. The second-order valence-corrected chi connectivity index (χ2v) is 5.83. The zero-order chi connectivity index (χ0) is 14.7. The number of nitrogen functional groups attached to an aromatic ring is 1. The standard InChI is InChI=1S/C15H21BrN4/c1-4-20-14(15(16)11(2)18-20)10-19(3)9-12-7-5-6-8-13(12)17/h5-8H,4,9-10,17H2,1-3H3. The van der Waals surface area contributed by atoms with Crippen molar-refractivity contribution in [1.82, 2.24) is 14.7 Å². The number of nitrogens with zero attached hydrogens (tertiary/aromatic N) is 3. The summed E-state index contributed by atoms with van der Waals surface area (Å²) >= 11 is 3.64. The summed E-state index contributed by atoms with van der Waals surface area (Å²) in [7, 11) is 2.10. The Bertz CT molecular complexity index is 592. The van der Waals surface area contributed by atoms with Crippen LogP contribution in [0.15, 0.2) is 28.7 Å². The molecule has 4 nitrogen and oxygen atoms in total. The Balaban J connectivity index is 2.12. The van der Waals surface area contributed by atoms with E-state index in [0.717, 1.165) is 41.1 Å². The number of aryl methyl sites for hydroxylation is 2. The lowest BCUT2D eigenvalue weighted by Crippen LogP contribution is -2.20. The maximum absolute atomic E-state index is 6.00. The lowest BCUT2D eigenvalue weighted by atomic mass is 10.1. The Kier molecular flexibility index (Phi) is 4.83. The van der Waals surface area contributed by atoms with Crippen LogP contribution in [0.2, 0.25) is 0 Å². The first-order valence-corrected chi connectivity index (χ1v) is 7.56. The van der Waals surface area contributed by atoms with E-state index in [1.807, 2.05) is 29.8 Å². The quantitative estimate of drug-likeness (QED) is 0.853. The van der Waals surface area contributed by atoms with Crippen LogP contribution in [-0.4, -0.2) is 21.7 Å². The van der Waals surface area contributed by atoms with E-state index in [9.17, 15) is 0 Å². The summed E-state index contributed by atoms with van der Waals surface area (Å²) in [4.78, 5) is 2.25. The number of benzene rings is 1. The molecule has 1 heterocycles. The molecule has 0 unspecified atom stereocenters. The molecule has 0 saturated heterocycles. The summed E-state index contributed by atoms with van der Waals surface area (Å²) in [5.74, 6) is 0. The number of hydrogen-bond acceptors (Lipinski definition) is 3. The molecule has 0 atom stereocenters. The van der Waals surface area contributed by atoms with Crippen molar-refractivity contribution in [2.24, 2.45) is 0 Å². The van der Waals surface area contributed by atoms with Crippen LogP contribution in [-0.2, 0) is 19.6 Å². The second-order valence-electron chi connectivity index (χ2n) is 5.03. The number of aromatic nitrogens is 2. The minimum absolute atomic E-state index is 0.826. The van der Waals surface area contributed by atoms with Gasteiger partial charge in [-0.25, -0.2) is 0 Å². The Labute approximate surface area is 128 Å². The second kappa shape index (κ2) is 6.41. The van der Waals surface area contributed by atoms with Crippen molar-refractivity contribution in [1.29, 1.82) is 0 Å². The molecule has 0 radical (unpaired) electrons. The molecule has 108 valence electrons. The summed E-state index contributed by atoms with van der Waals surface area (Å²) in [6.45, 7) is 6.67. The predicted octanol–water partition coefficient (Wildman–Crippen LogP) is 3.19. The van der Waals surface area contributed by atoms with Crippen molar-refractivity contribution in [3.05, 3.63) is 45.7 Å². The number of nitrogens with two attached hydrogens (primary N) is 1. The van der Waals surface area contributed by atoms with E-state index in [4.69, 9.17) is 5.73 Å². The lowest BCUT2D eigenvalue weighted by molar-refractivity contribution is 0.307. The zero-order valence-electron chi connectivity index (χ0n) is 12.2. The van der Waals surface area contributed by atoms with Crippen LogP contribution < -0.4 is 5.73 Å². The van der Waals surface area contributed by atoms with Gasteiger partial charge in [-0.1, -0.05) is 18.2 Å². The first-order chi connectivity index (χ1) is 9.52. The van der Waals surface area contributed by atoms with E-state index in [1.54, 1.807) is 0 Å². The molecule has 0 bridgehead atoms. The van der Waals surface area contributed by atoms with Gasteiger partial charge in [0.25, 0.3) is 0 Å². The van der Waals surface area contributed by atoms with Crippen LogP contribution in [0.4, 0.5) is 5.69 Å². The molecule has 0 aliphatic carbocycles. The summed E-state index contributed by atoms with van der Waals surface area (Å²) in [5, 5.41) is 4.52. The first kappa shape index (κ1) is 15.1. The van der Waals surface area contributed by atoms with Crippen LogP contribution in [0.3, 0.4) is 0 Å². The Hall–Kier alpha value is -1.33. The minimum Gasteiger partial charge on any atom is -0.398 e. The van der Waals surface area contributed by atoms with Gasteiger partial charge < -0.3 is 5.73 Å². The van der Waals surface area contributed by atoms with E-state index < -0.39 is 0 Å². The fourth-order valence-electron chi connectivity index (χ4n) is 2.30. The highest BCUT2D eigenvalue weighted by Crippen LogP contribution is 2.23. The molecule has 1 aromatic carbocycles. The highest BCUT2D eigenvalue weighted by molar-refractivity contribution is 9.10. The predicted molar refractivity (Wildman–Crippen MR) is 86.4 cm³/mol. The van der Waals surface area contributed by atoms with E-state index in [-0.39, 0.29) is 0 Å². The third kappa shape index (κ3) is 3.22. The summed E-state index contributed by atoms with van der Waals surface area (Å²) in [6.07, 6.45) is 0. The third-order valence-corrected chi connectivity index (χ3v) is 4.40. The molecule has 0 amide bonds. The molecule has 20 heavy (non-hydrogen) atoms. The van der Waals surface area contributed by atoms with Crippen LogP contribution >= 0.6 is 15.9 Å². The number of anilines is 1. The van der Waals surface area contributed by atoms with Gasteiger partial charge in [-0.15, -0.1) is 0 Å². The monoisotopic (exact) mass is 336 g/mol. The normalized spacial score (nSPS) is 11.2. The van der Waals surface area contributed by atoms with E-state index in [0.29, 0.717) is 0 Å². The van der Waals surface area contributed by atoms with Gasteiger partial charge in [-0.2, -0.15) is 5.10 Å². The Morgan fingerprint density at radius 1 is 1.30 bits per heavy atom. The molecule has 2 N–H and O–H groups in total. The summed E-state index contributed by atoms with van der Waals surface area (Å²) in [6, 6.07) is 8.00. The molecule has 0 saturated carbocycles. The largest absolute Gasteiger partial charge is 0.398 e. The van der Waals surface area contributed by atoms with Gasteiger partial charge in [0.1, 0.15) is 0 Å². The van der Waals surface area contributed by atoms with Gasteiger partial charge in [0.05, 0.1) is 15.9 Å². The van der Waals surface area contributed by atoms with Crippen LogP contribution in [0.25, 0.3) is 0 Å².